The van der Waals surface area contributed by atoms with Crippen LogP contribution in [-0.2, 0) is 14.8 Å². The van der Waals surface area contributed by atoms with Crippen LogP contribution in [0.5, 0.6) is 0 Å². The molecule has 0 atom stereocenters. The van der Waals surface area contributed by atoms with E-state index in [0.717, 1.165) is 4.90 Å². The molecule has 0 heterocycles. The van der Waals surface area contributed by atoms with Crippen molar-refractivity contribution in [3.05, 3.63) is 66.7 Å². The first-order chi connectivity index (χ1) is 12.4. The van der Waals surface area contributed by atoms with Gasteiger partial charge in [-0.25, -0.2) is 13.2 Å². The first kappa shape index (κ1) is 20.1. The van der Waals surface area contributed by atoms with Gasteiger partial charge in [0, 0.05) is 4.90 Å². The van der Waals surface area contributed by atoms with Crippen LogP contribution in [0.15, 0.2) is 71.0 Å². The molecule has 2 aromatic rings. The van der Waals surface area contributed by atoms with Crippen LogP contribution in [0.3, 0.4) is 0 Å². The third-order valence-electron chi connectivity index (χ3n) is 3.59. The number of carbonyl (C=O) groups is 1. The van der Waals surface area contributed by atoms with E-state index in [9.17, 15) is 13.2 Å². The second-order valence-corrected chi connectivity index (χ2v) is 8.01. The molecule has 0 saturated carbocycles. The molecule has 0 aliphatic rings. The summed E-state index contributed by atoms with van der Waals surface area (Å²) in [5.41, 5.74) is 0.677. The van der Waals surface area contributed by atoms with Gasteiger partial charge < -0.3 is 4.74 Å². The first-order valence-corrected chi connectivity index (χ1v) is 10.7. The summed E-state index contributed by atoms with van der Waals surface area (Å²) in [4.78, 5) is 13.1. The Hall–Kier alpha value is -2.25. The highest BCUT2D eigenvalue weighted by Crippen LogP contribution is 2.26. The summed E-state index contributed by atoms with van der Waals surface area (Å²) in [5.74, 6) is -0.491. The van der Waals surface area contributed by atoms with Gasteiger partial charge >= 0.3 is 5.97 Å². The van der Waals surface area contributed by atoms with E-state index in [1.807, 2.05) is 6.26 Å². The molecule has 0 aromatic heterocycles. The Bertz CT molecular complexity index is 877. The van der Waals surface area contributed by atoms with Crippen LogP contribution in [0.4, 0.5) is 5.69 Å². The number of anilines is 1. The number of rotatable bonds is 8. The van der Waals surface area contributed by atoms with Crippen LogP contribution >= 0.6 is 11.8 Å². The van der Waals surface area contributed by atoms with Gasteiger partial charge in [-0.1, -0.05) is 12.1 Å². The number of nitrogens with zero attached hydrogens (tertiary/aromatic N) is 1. The van der Waals surface area contributed by atoms with Crippen LogP contribution < -0.4 is 4.31 Å². The average molecular weight is 392 g/mol. The van der Waals surface area contributed by atoms with E-state index in [0.29, 0.717) is 11.3 Å². The maximum absolute atomic E-state index is 13.1. The van der Waals surface area contributed by atoms with Gasteiger partial charge in [0.15, 0.2) is 0 Å². The molecule has 2 rings (SSSR count). The van der Waals surface area contributed by atoms with E-state index in [1.165, 1.54) is 28.2 Å². The topological polar surface area (TPSA) is 63.7 Å². The van der Waals surface area contributed by atoms with Gasteiger partial charge in [0.1, 0.15) is 0 Å². The zero-order valence-electron chi connectivity index (χ0n) is 14.7. The number of sulfonamides is 1. The van der Waals surface area contributed by atoms with Crippen molar-refractivity contribution >= 4 is 33.4 Å². The number of esters is 1. The minimum absolute atomic E-state index is 0.0822. The molecule has 0 saturated heterocycles. The number of carbonyl (C=O) groups excluding carboxylic acids is 1. The Labute approximate surface area is 158 Å². The minimum atomic E-state index is -3.80. The van der Waals surface area contributed by atoms with Crippen molar-refractivity contribution in [3.63, 3.8) is 0 Å². The molecule has 0 unspecified atom stereocenters. The summed E-state index contributed by atoms with van der Waals surface area (Å²) in [6, 6.07) is 13.0. The SMILES string of the molecule is C=CCN(c1cccc(C(=O)OCC)c1)S(=O)(=O)c1ccc(SC)cc1. The smallest absolute Gasteiger partial charge is 0.338 e. The zero-order valence-corrected chi connectivity index (χ0v) is 16.3. The molecule has 26 heavy (non-hydrogen) atoms. The summed E-state index contributed by atoms with van der Waals surface area (Å²) in [5, 5.41) is 0. The molecule has 0 aliphatic heterocycles. The van der Waals surface area contributed by atoms with Crippen LogP contribution in [0, 0.1) is 0 Å². The first-order valence-electron chi connectivity index (χ1n) is 7.99. The van der Waals surface area contributed by atoms with E-state index in [-0.39, 0.29) is 18.0 Å². The summed E-state index contributed by atoms with van der Waals surface area (Å²) in [6.45, 7) is 5.69. The van der Waals surface area contributed by atoms with Crippen LogP contribution in [0.2, 0.25) is 0 Å². The molecule has 0 N–H and O–H groups in total. The Morgan fingerprint density at radius 2 is 1.92 bits per heavy atom. The van der Waals surface area contributed by atoms with Crippen molar-refractivity contribution in [1.82, 2.24) is 0 Å². The molecule has 7 heteroatoms. The van der Waals surface area contributed by atoms with E-state index in [4.69, 9.17) is 4.74 Å². The fourth-order valence-electron chi connectivity index (χ4n) is 2.34. The highest BCUT2D eigenvalue weighted by molar-refractivity contribution is 7.98. The predicted octanol–water partition coefficient (Wildman–Crippen LogP) is 3.97. The third-order valence-corrected chi connectivity index (χ3v) is 6.14. The van der Waals surface area contributed by atoms with Crippen LogP contribution in [0.25, 0.3) is 0 Å². The maximum Gasteiger partial charge on any atom is 0.338 e. The highest BCUT2D eigenvalue weighted by atomic mass is 32.2. The Morgan fingerprint density at radius 3 is 2.50 bits per heavy atom. The Balaban J connectivity index is 2.45. The lowest BCUT2D eigenvalue weighted by atomic mass is 10.2. The lowest BCUT2D eigenvalue weighted by Gasteiger charge is -2.23. The van der Waals surface area contributed by atoms with E-state index in [1.54, 1.807) is 49.4 Å². The predicted molar refractivity (Wildman–Crippen MR) is 105 cm³/mol. The molecular formula is C19H21NO4S2. The standard InChI is InChI=1S/C19H21NO4S2/c1-4-13-20(16-8-6-7-15(14-16)19(21)24-5-2)26(22,23)18-11-9-17(25-3)10-12-18/h4,6-12,14H,1,5,13H2,2-3H3. The summed E-state index contributed by atoms with van der Waals surface area (Å²) in [6.07, 6.45) is 3.43. The van der Waals surface area contributed by atoms with Gasteiger partial charge in [-0.3, -0.25) is 4.31 Å². The average Bonchev–Trinajstić information content (AvgIpc) is 2.66. The lowest BCUT2D eigenvalue weighted by molar-refractivity contribution is 0.0526. The molecule has 0 spiro atoms. The molecule has 0 bridgehead atoms. The Morgan fingerprint density at radius 1 is 1.23 bits per heavy atom. The number of thioether (sulfide) groups is 1. The monoisotopic (exact) mass is 391 g/mol. The molecule has 0 aliphatic carbocycles. The maximum atomic E-state index is 13.1. The van der Waals surface area contributed by atoms with Gasteiger partial charge in [-0.15, -0.1) is 18.3 Å². The fraction of sp³-hybridized carbons (Fsp3) is 0.211. The minimum Gasteiger partial charge on any atom is -0.462 e. The molecule has 2 aromatic carbocycles. The molecule has 0 radical (unpaired) electrons. The second kappa shape index (κ2) is 8.91. The van der Waals surface area contributed by atoms with Crippen molar-refractivity contribution in [2.75, 3.05) is 23.7 Å². The second-order valence-electron chi connectivity index (χ2n) is 5.27. The van der Waals surface area contributed by atoms with Gasteiger partial charge in [0.05, 0.1) is 29.3 Å². The quantitative estimate of drug-likeness (QED) is 0.387. The third kappa shape index (κ3) is 4.47. The van der Waals surface area contributed by atoms with E-state index in [2.05, 4.69) is 6.58 Å². The van der Waals surface area contributed by atoms with Crippen molar-refractivity contribution in [2.45, 2.75) is 16.7 Å². The van der Waals surface area contributed by atoms with Crippen molar-refractivity contribution in [2.24, 2.45) is 0 Å². The zero-order chi connectivity index (χ0) is 19.2. The van der Waals surface area contributed by atoms with Crippen molar-refractivity contribution < 1.29 is 17.9 Å². The van der Waals surface area contributed by atoms with E-state index >= 15 is 0 Å². The largest absolute Gasteiger partial charge is 0.462 e. The number of benzene rings is 2. The summed E-state index contributed by atoms with van der Waals surface area (Å²) >= 11 is 1.54. The lowest BCUT2D eigenvalue weighted by Crippen LogP contribution is -2.31. The normalized spacial score (nSPS) is 11.0. The number of hydrogen-bond donors (Lipinski definition) is 0. The van der Waals surface area contributed by atoms with Crippen LogP contribution in [-0.4, -0.2) is 33.8 Å². The number of ether oxygens (including phenoxy) is 1. The highest BCUT2D eigenvalue weighted by Gasteiger charge is 2.24. The van der Waals surface area contributed by atoms with Crippen LogP contribution in [0.1, 0.15) is 17.3 Å². The van der Waals surface area contributed by atoms with Gasteiger partial charge in [0.25, 0.3) is 10.0 Å². The molecule has 0 amide bonds. The van der Waals surface area contributed by atoms with Gasteiger partial charge in [-0.05, 0) is 55.6 Å². The number of hydrogen-bond acceptors (Lipinski definition) is 5. The fourth-order valence-corrected chi connectivity index (χ4v) is 4.17. The van der Waals surface area contributed by atoms with Gasteiger partial charge in [0.2, 0.25) is 0 Å². The summed E-state index contributed by atoms with van der Waals surface area (Å²) in [7, 11) is -3.80. The molecule has 5 nitrogen and oxygen atoms in total. The Kier molecular flexibility index (Phi) is 6.88. The van der Waals surface area contributed by atoms with E-state index < -0.39 is 16.0 Å². The molecule has 0 fully saturated rings. The molecular weight excluding hydrogens is 370 g/mol. The summed E-state index contributed by atoms with van der Waals surface area (Å²) < 4.78 is 32.4. The van der Waals surface area contributed by atoms with Crippen molar-refractivity contribution in [3.8, 4) is 0 Å². The molecule has 138 valence electrons. The van der Waals surface area contributed by atoms with Crippen molar-refractivity contribution in [1.29, 1.82) is 0 Å². The van der Waals surface area contributed by atoms with Gasteiger partial charge in [-0.2, -0.15) is 0 Å².